The number of carboxylic acid groups (broad SMARTS) is 1. The fourth-order valence-corrected chi connectivity index (χ4v) is 4.20. The first kappa shape index (κ1) is 16.7. The third-order valence-corrected chi connectivity index (χ3v) is 5.70. The summed E-state index contributed by atoms with van der Waals surface area (Å²) >= 11 is 0. The number of carboxylic acids is 1. The second kappa shape index (κ2) is 6.02. The van der Waals surface area contributed by atoms with Gasteiger partial charge in [0.15, 0.2) is 0 Å². The van der Waals surface area contributed by atoms with Crippen molar-refractivity contribution in [3.63, 3.8) is 0 Å². The predicted octanol–water partition coefficient (Wildman–Crippen LogP) is 4.56. The van der Waals surface area contributed by atoms with Gasteiger partial charge in [-0.2, -0.15) is 5.10 Å². The van der Waals surface area contributed by atoms with Crippen LogP contribution in [0.2, 0.25) is 0 Å². The number of fused-ring (bicyclic) bond motifs is 1. The molecule has 2 atom stereocenters. The van der Waals surface area contributed by atoms with Crippen LogP contribution in [0.3, 0.4) is 0 Å². The van der Waals surface area contributed by atoms with Crippen molar-refractivity contribution < 1.29 is 14.3 Å². The Morgan fingerprint density at radius 3 is 2.46 bits per heavy atom. The quantitative estimate of drug-likeness (QED) is 0.572. The van der Waals surface area contributed by atoms with Gasteiger partial charge in [-0.05, 0) is 53.9 Å². The highest BCUT2D eigenvalue weighted by Gasteiger charge is 2.60. The number of hydrogen-bond donors (Lipinski definition) is 1. The van der Waals surface area contributed by atoms with E-state index in [1.54, 1.807) is 23.0 Å². The zero-order valence-electron chi connectivity index (χ0n) is 14.9. The van der Waals surface area contributed by atoms with Crippen molar-refractivity contribution in [1.29, 1.82) is 0 Å². The molecule has 0 bridgehead atoms. The summed E-state index contributed by atoms with van der Waals surface area (Å²) in [6.45, 7) is 0. The van der Waals surface area contributed by atoms with Gasteiger partial charge in [0.1, 0.15) is 5.82 Å². The first-order chi connectivity index (χ1) is 13.6. The summed E-state index contributed by atoms with van der Waals surface area (Å²) in [5.74, 6) is -1.49. The third kappa shape index (κ3) is 2.43. The lowest BCUT2D eigenvalue weighted by molar-refractivity contribution is -0.138. The van der Waals surface area contributed by atoms with Crippen molar-refractivity contribution in [1.82, 2.24) is 9.78 Å². The Kier molecular flexibility index (Phi) is 3.59. The molecule has 0 unspecified atom stereocenters. The second-order valence-corrected chi connectivity index (χ2v) is 7.24. The summed E-state index contributed by atoms with van der Waals surface area (Å²) in [6.07, 6.45) is 2.35. The SMILES string of the molecule is O=C(O)[C@@H]1C[C@]1(c1ccccc1)c1ccc2c(cnn2-c2ccc(F)cc2)c1. The molecule has 1 aromatic heterocycles. The molecule has 1 fully saturated rings. The van der Waals surface area contributed by atoms with E-state index in [1.807, 2.05) is 48.5 Å². The molecular formula is C23H17FN2O2. The Morgan fingerprint density at radius 2 is 1.79 bits per heavy atom. The van der Waals surface area contributed by atoms with E-state index in [1.165, 1.54) is 12.1 Å². The molecule has 1 aliphatic rings. The molecule has 0 spiro atoms. The van der Waals surface area contributed by atoms with Crippen molar-refractivity contribution in [2.45, 2.75) is 11.8 Å². The number of carbonyl (C=O) groups is 1. The molecule has 0 amide bonds. The average Bonchev–Trinajstić information content (AvgIpc) is 3.36. The Morgan fingerprint density at radius 1 is 1.04 bits per heavy atom. The molecule has 4 aromatic rings. The van der Waals surface area contributed by atoms with E-state index in [-0.39, 0.29) is 5.82 Å². The van der Waals surface area contributed by atoms with Gasteiger partial charge in [0.2, 0.25) is 0 Å². The monoisotopic (exact) mass is 372 g/mol. The summed E-state index contributed by atoms with van der Waals surface area (Å²) in [7, 11) is 0. The minimum atomic E-state index is -0.772. The van der Waals surface area contributed by atoms with Crippen molar-refractivity contribution in [3.05, 3.63) is 95.9 Å². The molecule has 28 heavy (non-hydrogen) atoms. The lowest BCUT2D eigenvalue weighted by Gasteiger charge is -2.18. The van der Waals surface area contributed by atoms with Crippen molar-refractivity contribution in [3.8, 4) is 5.69 Å². The van der Waals surface area contributed by atoms with Crippen LogP contribution in [-0.2, 0) is 10.2 Å². The van der Waals surface area contributed by atoms with Crippen molar-refractivity contribution in [2.24, 2.45) is 5.92 Å². The first-order valence-corrected chi connectivity index (χ1v) is 9.12. The fourth-order valence-electron chi connectivity index (χ4n) is 4.20. The van der Waals surface area contributed by atoms with Gasteiger partial charge in [0.05, 0.1) is 23.3 Å². The van der Waals surface area contributed by atoms with Crippen LogP contribution in [0, 0.1) is 11.7 Å². The zero-order valence-corrected chi connectivity index (χ0v) is 14.9. The molecule has 5 rings (SSSR count). The van der Waals surface area contributed by atoms with Crippen LogP contribution in [-0.4, -0.2) is 20.9 Å². The van der Waals surface area contributed by atoms with Gasteiger partial charge in [-0.25, -0.2) is 9.07 Å². The number of halogens is 1. The van der Waals surface area contributed by atoms with E-state index < -0.39 is 17.3 Å². The first-order valence-electron chi connectivity index (χ1n) is 9.12. The normalized spacial score (nSPS) is 21.0. The molecule has 1 saturated carbocycles. The molecule has 5 heteroatoms. The van der Waals surface area contributed by atoms with Crippen LogP contribution in [0.1, 0.15) is 17.5 Å². The van der Waals surface area contributed by atoms with E-state index in [4.69, 9.17) is 0 Å². The van der Waals surface area contributed by atoms with Gasteiger partial charge in [0.25, 0.3) is 0 Å². The van der Waals surface area contributed by atoms with Gasteiger partial charge < -0.3 is 5.11 Å². The van der Waals surface area contributed by atoms with Crippen LogP contribution in [0.4, 0.5) is 4.39 Å². The maximum absolute atomic E-state index is 13.2. The lowest BCUT2D eigenvalue weighted by Crippen LogP contribution is -2.16. The molecule has 0 radical (unpaired) electrons. The van der Waals surface area contributed by atoms with Gasteiger partial charge in [0, 0.05) is 10.8 Å². The van der Waals surface area contributed by atoms with Crippen LogP contribution in [0.15, 0.2) is 79.0 Å². The highest BCUT2D eigenvalue weighted by Crippen LogP contribution is 2.59. The molecule has 1 aliphatic carbocycles. The molecule has 1 heterocycles. The summed E-state index contributed by atoms with van der Waals surface area (Å²) < 4.78 is 15.0. The van der Waals surface area contributed by atoms with E-state index in [0.717, 1.165) is 27.7 Å². The van der Waals surface area contributed by atoms with Gasteiger partial charge in [-0.15, -0.1) is 0 Å². The van der Waals surface area contributed by atoms with E-state index in [0.29, 0.717) is 6.42 Å². The molecule has 4 nitrogen and oxygen atoms in total. The maximum Gasteiger partial charge on any atom is 0.307 e. The number of rotatable bonds is 4. The van der Waals surface area contributed by atoms with Crippen molar-refractivity contribution >= 4 is 16.9 Å². The predicted molar refractivity (Wildman–Crippen MR) is 104 cm³/mol. The van der Waals surface area contributed by atoms with Crippen molar-refractivity contribution in [2.75, 3.05) is 0 Å². The molecule has 138 valence electrons. The van der Waals surface area contributed by atoms with Crippen LogP contribution in [0.5, 0.6) is 0 Å². The summed E-state index contributed by atoms with van der Waals surface area (Å²) in [5.41, 5.74) is 3.17. The Labute approximate surface area is 160 Å². The summed E-state index contributed by atoms with van der Waals surface area (Å²) in [6, 6.07) is 22.0. The second-order valence-electron chi connectivity index (χ2n) is 7.24. The topological polar surface area (TPSA) is 55.1 Å². The average molecular weight is 372 g/mol. The standard InChI is InChI=1S/C23H17FN2O2/c24-18-7-9-19(10-8-18)26-21-11-6-17(12-15(21)14-25-26)23(13-20(23)22(27)28)16-4-2-1-3-5-16/h1-12,14,20H,13H2,(H,27,28)/t20-,23-/m0/s1. The maximum atomic E-state index is 13.2. The highest BCUT2D eigenvalue weighted by atomic mass is 19.1. The summed E-state index contributed by atoms with van der Waals surface area (Å²) in [5, 5.41) is 15.0. The number of aliphatic carboxylic acids is 1. The Bertz CT molecular complexity index is 1180. The minimum Gasteiger partial charge on any atom is -0.481 e. The minimum absolute atomic E-state index is 0.291. The van der Waals surface area contributed by atoms with Gasteiger partial charge >= 0.3 is 5.97 Å². The molecule has 1 N–H and O–H groups in total. The fraction of sp³-hybridized carbons (Fsp3) is 0.130. The van der Waals surface area contributed by atoms with Crippen LogP contribution in [0.25, 0.3) is 16.6 Å². The number of nitrogens with zero attached hydrogens (tertiary/aromatic N) is 2. The lowest BCUT2D eigenvalue weighted by atomic mass is 9.85. The van der Waals surface area contributed by atoms with Gasteiger partial charge in [-0.1, -0.05) is 36.4 Å². The number of benzene rings is 3. The highest BCUT2D eigenvalue weighted by molar-refractivity contribution is 5.84. The van der Waals surface area contributed by atoms with Crippen LogP contribution >= 0.6 is 0 Å². The Balaban J connectivity index is 1.62. The largest absolute Gasteiger partial charge is 0.481 e. The van der Waals surface area contributed by atoms with E-state index in [9.17, 15) is 14.3 Å². The Hall–Kier alpha value is -3.47. The van der Waals surface area contributed by atoms with E-state index >= 15 is 0 Å². The summed E-state index contributed by atoms with van der Waals surface area (Å²) in [4.78, 5) is 11.8. The molecule has 3 aromatic carbocycles. The van der Waals surface area contributed by atoms with Crippen LogP contribution < -0.4 is 0 Å². The van der Waals surface area contributed by atoms with E-state index in [2.05, 4.69) is 5.10 Å². The third-order valence-electron chi connectivity index (χ3n) is 5.70. The zero-order chi connectivity index (χ0) is 19.3. The smallest absolute Gasteiger partial charge is 0.307 e. The van der Waals surface area contributed by atoms with Gasteiger partial charge in [-0.3, -0.25) is 4.79 Å². The molecular weight excluding hydrogens is 355 g/mol. The number of aromatic nitrogens is 2. The number of hydrogen-bond acceptors (Lipinski definition) is 2. The molecule has 0 saturated heterocycles. The molecule has 0 aliphatic heterocycles.